The zero-order valence-corrected chi connectivity index (χ0v) is 10.8. The van der Waals surface area contributed by atoms with Crippen LogP contribution in [0.1, 0.15) is 38.4 Å². The van der Waals surface area contributed by atoms with Crippen molar-refractivity contribution in [2.75, 3.05) is 20.2 Å². The van der Waals surface area contributed by atoms with E-state index in [1.165, 1.54) is 6.42 Å². The van der Waals surface area contributed by atoms with Gasteiger partial charge < -0.3 is 14.6 Å². The summed E-state index contributed by atoms with van der Waals surface area (Å²) in [4.78, 5) is 4.46. The summed E-state index contributed by atoms with van der Waals surface area (Å²) in [5, 5.41) is 7.38. The first-order valence-electron chi connectivity index (χ1n) is 6.27. The summed E-state index contributed by atoms with van der Waals surface area (Å²) in [5.41, 5.74) is -0.435. The Labute approximate surface area is 102 Å². The van der Waals surface area contributed by atoms with Crippen molar-refractivity contribution in [3.05, 3.63) is 11.7 Å². The lowest BCUT2D eigenvalue weighted by atomic mass is 10.0. The normalized spacial score (nSPS) is 23.8. The molecule has 0 spiro atoms. The third kappa shape index (κ3) is 2.66. The molecule has 1 aromatic rings. The molecule has 0 saturated carbocycles. The standard InChI is InChI=1S/C12H21N3O2/c1-4-12(2,16-3)11-14-10(17-15-11)7-9-5-6-13-8-9/h9,13H,4-8H2,1-3H3. The molecule has 1 aliphatic heterocycles. The van der Waals surface area contributed by atoms with Gasteiger partial charge in [-0.25, -0.2) is 0 Å². The molecule has 5 heteroatoms. The quantitative estimate of drug-likeness (QED) is 0.843. The highest BCUT2D eigenvalue weighted by molar-refractivity contribution is 4.99. The lowest BCUT2D eigenvalue weighted by molar-refractivity contribution is -0.0106. The molecule has 96 valence electrons. The first-order valence-corrected chi connectivity index (χ1v) is 6.27. The molecule has 17 heavy (non-hydrogen) atoms. The van der Waals surface area contributed by atoms with E-state index < -0.39 is 5.60 Å². The lowest BCUT2D eigenvalue weighted by Crippen LogP contribution is -2.24. The predicted molar refractivity (Wildman–Crippen MR) is 63.6 cm³/mol. The predicted octanol–water partition coefficient (Wildman–Crippen LogP) is 1.49. The van der Waals surface area contributed by atoms with Gasteiger partial charge in [0.25, 0.3) is 0 Å². The van der Waals surface area contributed by atoms with Crippen molar-refractivity contribution >= 4 is 0 Å². The third-order valence-electron chi connectivity index (χ3n) is 3.69. The smallest absolute Gasteiger partial charge is 0.227 e. The Morgan fingerprint density at radius 3 is 3.00 bits per heavy atom. The van der Waals surface area contributed by atoms with E-state index in [1.54, 1.807) is 7.11 Å². The van der Waals surface area contributed by atoms with Crippen molar-refractivity contribution in [3.63, 3.8) is 0 Å². The van der Waals surface area contributed by atoms with Crippen LogP contribution in [0.5, 0.6) is 0 Å². The summed E-state index contributed by atoms with van der Waals surface area (Å²) in [7, 11) is 1.68. The number of nitrogens with zero attached hydrogens (tertiary/aromatic N) is 2. The van der Waals surface area contributed by atoms with Crippen LogP contribution in [-0.4, -0.2) is 30.3 Å². The van der Waals surface area contributed by atoms with Gasteiger partial charge in [0.05, 0.1) is 0 Å². The number of ether oxygens (including phenoxy) is 1. The SMILES string of the molecule is CCC(C)(OC)c1noc(CC2CCNC2)n1. The minimum absolute atomic E-state index is 0.435. The molecule has 2 unspecified atom stereocenters. The number of hydrogen-bond acceptors (Lipinski definition) is 5. The maximum atomic E-state index is 5.46. The number of rotatable bonds is 5. The van der Waals surface area contributed by atoms with E-state index in [9.17, 15) is 0 Å². The summed E-state index contributed by atoms with van der Waals surface area (Å²) in [6.45, 7) is 6.18. The summed E-state index contributed by atoms with van der Waals surface area (Å²) >= 11 is 0. The Kier molecular flexibility index (Phi) is 3.79. The van der Waals surface area contributed by atoms with Gasteiger partial charge in [-0.1, -0.05) is 12.1 Å². The molecule has 0 radical (unpaired) electrons. The van der Waals surface area contributed by atoms with Crippen LogP contribution in [-0.2, 0) is 16.8 Å². The maximum absolute atomic E-state index is 5.46. The van der Waals surface area contributed by atoms with Gasteiger partial charge in [-0.2, -0.15) is 4.98 Å². The first-order chi connectivity index (χ1) is 8.18. The van der Waals surface area contributed by atoms with Crippen molar-refractivity contribution in [1.29, 1.82) is 0 Å². The van der Waals surface area contributed by atoms with Crippen molar-refractivity contribution in [2.24, 2.45) is 5.92 Å². The average molecular weight is 239 g/mol. The molecule has 1 N–H and O–H groups in total. The Morgan fingerprint density at radius 2 is 2.41 bits per heavy atom. The van der Waals surface area contributed by atoms with E-state index in [0.717, 1.165) is 31.8 Å². The van der Waals surface area contributed by atoms with Gasteiger partial charge in [0.2, 0.25) is 11.7 Å². The summed E-state index contributed by atoms with van der Waals surface area (Å²) in [6.07, 6.45) is 2.88. The van der Waals surface area contributed by atoms with Gasteiger partial charge in [0, 0.05) is 13.5 Å². The molecule has 5 nitrogen and oxygen atoms in total. The molecule has 1 saturated heterocycles. The minimum atomic E-state index is -0.435. The Hall–Kier alpha value is -0.940. The molecule has 1 aliphatic rings. The average Bonchev–Trinajstić information content (AvgIpc) is 3.00. The van der Waals surface area contributed by atoms with Gasteiger partial charge in [-0.3, -0.25) is 0 Å². The number of nitrogens with one attached hydrogen (secondary N) is 1. The van der Waals surface area contributed by atoms with E-state index in [1.807, 2.05) is 6.92 Å². The van der Waals surface area contributed by atoms with Gasteiger partial charge in [0.1, 0.15) is 5.60 Å². The summed E-state index contributed by atoms with van der Waals surface area (Å²) in [5.74, 6) is 2.01. The fraction of sp³-hybridized carbons (Fsp3) is 0.833. The van der Waals surface area contributed by atoms with Gasteiger partial charge in [0.15, 0.2) is 0 Å². The monoisotopic (exact) mass is 239 g/mol. The molecule has 1 fully saturated rings. The number of aromatic nitrogens is 2. The van der Waals surface area contributed by atoms with Crippen LogP contribution in [0.3, 0.4) is 0 Å². The Bertz CT molecular complexity index is 354. The second-order valence-corrected chi connectivity index (χ2v) is 4.86. The molecular weight excluding hydrogens is 218 g/mol. The highest BCUT2D eigenvalue weighted by atomic mass is 16.5. The van der Waals surface area contributed by atoms with E-state index in [2.05, 4.69) is 22.4 Å². The molecule has 0 bridgehead atoms. The van der Waals surface area contributed by atoms with E-state index >= 15 is 0 Å². The highest BCUT2D eigenvalue weighted by Gasteiger charge is 2.30. The van der Waals surface area contributed by atoms with Crippen molar-refractivity contribution in [2.45, 2.75) is 38.7 Å². The van der Waals surface area contributed by atoms with Gasteiger partial charge in [-0.05, 0) is 38.8 Å². The van der Waals surface area contributed by atoms with Gasteiger partial charge in [-0.15, -0.1) is 0 Å². The number of hydrogen-bond donors (Lipinski definition) is 1. The Balaban J connectivity index is 2.04. The second kappa shape index (κ2) is 5.14. The molecule has 2 atom stereocenters. The van der Waals surface area contributed by atoms with Crippen LogP contribution in [0.25, 0.3) is 0 Å². The van der Waals surface area contributed by atoms with E-state index in [4.69, 9.17) is 9.26 Å². The molecule has 0 aliphatic carbocycles. The molecule has 0 amide bonds. The van der Waals surface area contributed by atoms with Crippen LogP contribution in [0.2, 0.25) is 0 Å². The minimum Gasteiger partial charge on any atom is -0.370 e. The van der Waals surface area contributed by atoms with E-state index in [0.29, 0.717) is 11.7 Å². The van der Waals surface area contributed by atoms with Gasteiger partial charge >= 0.3 is 0 Å². The van der Waals surface area contributed by atoms with Crippen LogP contribution >= 0.6 is 0 Å². The molecular formula is C12H21N3O2. The lowest BCUT2D eigenvalue weighted by Gasteiger charge is -2.21. The molecule has 2 heterocycles. The highest BCUT2D eigenvalue weighted by Crippen LogP contribution is 2.26. The van der Waals surface area contributed by atoms with Crippen molar-refractivity contribution in [3.8, 4) is 0 Å². The van der Waals surface area contributed by atoms with Crippen molar-refractivity contribution in [1.82, 2.24) is 15.5 Å². The third-order valence-corrected chi connectivity index (χ3v) is 3.69. The molecule has 2 rings (SSSR count). The van der Waals surface area contributed by atoms with E-state index in [-0.39, 0.29) is 0 Å². The zero-order chi connectivity index (χ0) is 12.3. The zero-order valence-electron chi connectivity index (χ0n) is 10.8. The maximum Gasteiger partial charge on any atom is 0.227 e. The number of methoxy groups -OCH3 is 1. The van der Waals surface area contributed by atoms with Crippen LogP contribution in [0.4, 0.5) is 0 Å². The first kappa shape index (κ1) is 12.5. The molecule has 0 aromatic carbocycles. The van der Waals surface area contributed by atoms with Crippen LogP contribution < -0.4 is 5.32 Å². The topological polar surface area (TPSA) is 60.2 Å². The molecule has 1 aromatic heterocycles. The van der Waals surface area contributed by atoms with Crippen molar-refractivity contribution < 1.29 is 9.26 Å². The summed E-state index contributed by atoms with van der Waals surface area (Å²) < 4.78 is 10.8. The summed E-state index contributed by atoms with van der Waals surface area (Å²) in [6, 6.07) is 0. The van der Waals surface area contributed by atoms with Crippen LogP contribution in [0, 0.1) is 5.92 Å². The second-order valence-electron chi connectivity index (χ2n) is 4.86. The fourth-order valence-electron chi connectivity index (χ4n) is 2.08. The Morgan fingerprint density at radius 1 is 1.59 bits per heavy atom. The fourth-order valence-corrected chi connectivity index (χ4v) is 2.08. The largest absolute Gasteiger partial charge is 0.370 e. The van der Waals surface area contributed by atoms with Crippen LogP contribution in [0.15, 0.2) is 4.52 Å².